The van der Waals surface area contributed by atoms with Gasteiger partial charge in [-0.3, -0.25) is 4.79 Å². The van der Waals surface area contributed by atoms with Crippen molar-refractivity contribution >= 4 is 5.97 Å². The minimum Gasteiger partial charge on any atom is -0.454 e. The van der Waals surface area contributed by atoms with Gasteiger partial charge in [-0.25, -0.2) is 0 Å². The second kappa shape index (κ2) is 6.44. The molecule has 2 rings (SSSR count). The lowest BCUT2D eigenvalue weighted by atomic mass is 9.83. The van der Waals surface area contributed by atoms with Crippen molar-refractivity contribution in [3.05, 3.63) is 48.6 Å². The Balaban J connectivity index is 2.25. The molecule has 1 N–H and O–H groups in total. The van der Waals surface area contributed by atoms with Gasteiger partial charge in [0.05, 0.1) is 5.41 Å². The molecule has 114 valence electrons. The summed E-state index contributed by atoms with van der Waals surface area (Å²) >= 11 is 0. The van der Waals surface area contributed by atoms with Crippen molar-refractivity contribution in [1.29, 1.82) is 0 Å². The highest BCUT2D eigenvalue weighted by molar-refractivity contribution is 5.76. The number of esters is 1. The summed E-state index contributed by atoms with van der Waals surface area (Å²) in [6, 6.07) is 10.1. The summed E-state index contributed by atoms with van der Waals surface area (Å²) in [6.07, 6.45) is 4.02. The number of carbonyl (C=O) groups is 1. The van der Waals surface area contributed by atoms with E-state index in [0.717, 1.165) is 31.5 Å². The van der Waals surface area contributed by atoms with E-state index in [1.165, 1.54) is 0 Å². The molecule has 21 heavy (non-hydrogen) atoms. The van der Waals surface area contributed by atoms with Gasteiger partial charge in [-0.15, -0.1) is 6.58 Å². The van der Waals surface area contributed by atoms with Crippen LogP contribution in [0.1, 0.15) is 38.7 Å². The molecule has 0 bridgehead atoms. The number of allylic oxidation sites excluding steroid dienone is 1. The van der Waals surface area contributed by atoms with E-state index in [1.807, 2.05) is 32.0 Å². The van der Waals surface area contributed by atoms with E-state index in [1.54, 1.807) is 6.08 Å². The van der Waals surface area contributed by atoms with Crippen molar-refractivity contribution in [2.75, 3.05) is 13.1 Å². The Bertz CT molecular complexity index is 487. The zero-order valence-electron chi connectivity index (χ0n) is 13.0. The third-order valence-electron chi connectivity index (χ3n) is 4.21. The maximum absolute atomic E-state index is 12.6. The summed E-state index contributed by atoms with van der Waals surface area (Å²) in [7, 11) is 0. The first kappa shape index (κ1) is 15.8. The first-order valence-corrected chi connectivity index (χ1v) is 7.61. The molecule has 0 spiro atoms. The molecule has 1 aliphatic rings. The molecule has 1 fully saturated rings. The van der Waals surface area contributed by atoms with Gasteiger partial charge >= 0.3 is 5.97 Å². The van der Waals surface area contributed by atoms with Gasteiger partial charge in [0, 0.05) is 12.8 Å². The van der Waals surface area contributed by atoms with Crippen molar-refractivity contribution in [2.45, 2.75) is 38.7 Å². The molecule has 0 amide bonds. The van der Waals surface area contributed by atoms with Crippen LogP contribution in [0.4, 0.5) is 0 Å². The van der Waals surface area contributed by atoms with E-state index in [4.69, 9.17) is 4.74 Å². The van der Waals surface area contributed by atoms with E-state index in [2.05, 4.69) is 24.0 Å². The molecule has 1 saturated heterocycles. The Morgan fingerprint density at radius 2 is 1.95 bits per heavy atom. The lowest BCUT2D eigenvalue weighted by molar-refractivity contribution is -0.175. The highest BCUT2D eigenvalue weighted by Crippen LogP contribution is 2.37. The SMILES string of the molecule is C=CCC(C)(C)C(=O)OC1(c2ccccc2)CCNCC1. The second-order valence-corrected chi connectivity index (χ2v) is 6.38. The van der Waals surface area contributed by atoms with Crippen molar-refractivity contribution in [3.8, 4) is 0 Å². The summed E-state index contributed by atoms with van der Waals surface area (Å²) in [5.41, 5.74) is 0.0606. The number of rotatable bonds is 5. The van der Waals surface area contributed by atoms with Gasteiger partial charge < -0.3 is 10.1 Å². The number of piperidine rings is 1. The molecular weight excluding hydrogens is 262 g/mol. The first-order chi connectivity index (χ1) is 10.0. The minimum atomic E-state index is -0.533. The predicted octanol–water partition coefficient (Wildman–Crippen LogP) is 3.41. The summed E-state index contributed by atoms with van der Waals surface area (Å²) in [5, 5.41) is 3.34. The van der Waals surface area contributed by atoms with Crippen LogP contribution in [0.2, 0.25) is 0 Å². The number of hydrogen-bond donors (Lipinski definition) is 1. The average Bonchev–Trinajstić information content (AvgIpc) is 2.49. The average molecular weight is 287 g/mol. The number of hydrogen-bond acceptors (Lipinski definition) is 3. The summed E-state index contributed by atoms with van der Waals surface area (Å²) in [6.45, 7) is 9.29. The van der Waals surface area contributed by atoms with E-state index >= 15 is 0 Å². The molecule has 0 aliphatic carbocycles. The van der Waals surface area contributed by atoms with E-state index in [9.17, 15) is 4.79 Å². The smallest absolute Gasteiger partial charge is 0.312 e. The Morgan fingerprint density at radius 1 is 1.33 bits per heavy atom. The Hall–Kier alpha value is -1.61. The molecule has 3 heteroatoms. The van der Waals surface area contributed by atoms with Crippen LogP contribution >= 0.6 is 0 Å². The molecule has 0 atom stereocenters. The van der Waals surface area contributed by atoms with Crippen LogP contribution in [0.15, 0.2) is 43.0 Å². The molecule has 3 nitrogen and oxygen atoms in total. The molecule has 1 aromatic carbocycles. The molecule has 1 aliphatic heterocycles. The standard InChI is InChI=1S/C18H25NO2/c1-4-10-17(2,3)16(20)21-18(11-13-19-14-12-18)15-8-6-5-7-9-15/h4-9,19H,1,10-14H2,2-3H3. The van der Waals surface area contributed by atoms with Crippen LogP contribution in [-0.2, 0) is 15.1 Å². The second-order valence-electron chi connectivity index (χ2n) is 6.38. The molecule has 0 aromatic heterocycles. The highest BCUT2D eigenvalue weighted by Gasteiger charge is 2.41. The van der Waals surface area contributed by atoms with Crippen molar-refractivity contribution < 1.29 is 9.53 Å². The number of carbonyl (C=O) groups excluding carboxylic acids is 1. The number of benzene rings is 1. The van der Waals surface area contributed by atoms with Crippen LogP contribution in [0.3, 0.4) is 0 Å². The minimum absolute atomic E-state index is 0.145. The quantitative estimate of drug-likeness (QED) is 0.666. The molecular formula is C18H25NO2. The largest absolute Gasteiger partial charge is 0.454 e. The van der Waals surface area contributed by atoms with Crippen LogP contribution in [0.25, 0.3) is 0 Å². The maximum atomic E-state index is 12.6. The maximum Gasteiger partial charge on any atom is 0.312 e. The summed E-state index contributed by atoms with van der Waals surface area (Å²) < 4.78 is 6.06. The Labute approximate surface area is 127 Å². The van der Waals surface area contributed by atoms with E-state index in [0.29, 0.717) is 6.42 Å². The third-order valence-corrected chi connectivity index (χ3v) is 4.21. The lowest BCUT2D eigenvalue weighted by Crippen LogP contribution is -2.45. The number of nitrogens with one attached hydrogen (secondary N) is 1. The van der Waals surface area contributed by atoms with Crippen LogP contribution in [-0.4, -0.2) is 19.1 Å². The first-order valence-electron chi connectivity index (χ1n) is 7.61. The normalized spacial score (nSPS) is 18.0. The van der Waals surface area contributed by atoms with Gasteiger partial charge in [-0.2, -0.15) is 0 Å². The molecule has 1 heterocycles. The van der Waals surface area contributed by atoms with Crippen LogP contribution in [0, 0.1) is 5.41 Å². The van der Waals surface area contributed by atoms with Gasteiger partial charge in [-0.05, 0) is 38.9 Å². The van der Waals surface area contributed by atoms with Gasteiger partial charge in [0.1, 0.15) is 5.60 Å². The zero-order chi connectivity index (χ0) is 15.3. The van der Waals surface area contributed by atoms with E-state index < -0.39 is 11.0 Å². The van der Waals surface area contributed by atoms with E-state index in [-0.39, 0.29) is 5.97 Å². The number of ether oxygens (including phenoxy) is 1. The van der Waals surface area contributed by atoms with Crippen molar-refractivity contribution in [1.82, 2.24) is 5.32 Å². The fourth-order valence-electron chi connectivity index (χ4n) is 2.78. The van der Waals surface area contributed by atoms with Crippen molar-refractivity contribution in [3.63, 3.8) is 0 Å². The topological polar surface area (TPSA) is 38.3 Å². The Morgan fingerprint density at radius 3 is 2.52 bits per heavy atom. The summed E-state index contributed by atoms with van der Waals surface area (Å²) in [4.78, 5) is 12.6. The molecule has 0 unspecified atom stereocenters. The van der Waals surface area contributed by atoms with Crippen molar-refractivity contribution in [2.24, 2.45) is 5.41 Å². The third kappa shape index (κ3) is 3.53. The van der Waals surface area contributed by atoms with Crippen LogP contribution in [0.5, 0.6) is 0 Å². The summed E-state index contributed by atoms with van der Waals surface area (Å²) in [5.74, 6) is -0.145. The van der Waals surface area contributed by atoms with Crippen LogP contribution < -0.4 is 5.32 Å². The zero-order valence-corrected chi connectivity index (χ0v) is 13.0. The molecule has 1 aromatic rings. The fourth-order valence-corrected chi connectivity index (χ4v) is 2.78. The monoisotopic (exact) mass is 287 g/mol. The molecule has 0 radical (unpaired) electrons. The highest BCUT2D eigenvalue weighted by atomic mass is 16.6. The van der Waals surface area contributed by atoms with Gasteiger partial charge in [0.25, 0.3) is 0 Å². The Kier molecular flexibility index (Phi) is 4.84. The lowest BCUT2D eigenvalue weighted by Gasteiger charge is -2.39. The van der Waals surface area contributed by atoms with Gasteiger partial charge in [-0.1, -0.05) is 36.4 Å². The molecule has 0 saturated carbocycles. The van der Waals surface area contributed by atoms with Gasteiger partial charge in [0.15, 0.2) is 0 Å². The fraction of sp³-hybridized carbons (Fsp3) is 0.500. The van der Waals surface area contributed by atoms with Gasteiger partial charge in [0.2, 0.25) is 0 Å². The predicted molar refractivity (Wildman–Crippen MR) is 84.9 cm³/mol.